The van der Waals surface area contributed by atoms with Gasteiger partial charge in [-0.1, -0.05) is 0 Å². The van der Waals surface area contributed by atoms with E-state index in [1.807, 2.05) is 13.8 Å². The van der Waals surface area contributed by atoms with E-state index in [9.17, 15) is 19.8 Å². The Kier molecular flexibility index (Phi) is 6.03. The molecule has 3 N–H and O–H groups in total. The summed E-state index contributed by atoms with van der Waals surface area (Å²) in [6.07, 6.45) is 0.718. The summed E-state index contributed by atoms with van der Waals surface area (Å²) in [7, 11) is 0. The first-order valence-electron chi connectivity index (χ1n) is 8.16. The maximum absolute atomic E-state index is 12.1. The monoisotopic (exact) mass is 349 g/mol. The molecule has 7 nitrogen and oxygen atoms in total. The molecule has 0 atom stereocenters. The van der Waals surface area contributed by atoms with Crippen molar-refractivity contribution < 1.29 is 24.2 Å². The fraction of sp³-hybridized carbons (Fsp3) is 0.444. The molecule has 136 valence electrons. The van der Waals surface area contributed by atoms with E-state index in [0.717, 1.165) is 0 Å². The summed E-state index contributed by atoms with van der Waals surface area (Å²) < 4.78 is 10.5. The third kappa shape index (κ3) is 4.51. The molecule has 0 aliphatic carbocycles. The number of phenolic OH excluding ortho intramolecular Hbond substituents is 2. The normalized spacial score (nSPS) is 11.2. The number of aromatic hydroxyl groups is 2. The Morgan fingerprint density at radius 2 is 2.04 bits per heavy atom. The lowest BCUT2D eigenvalue weighted by Crippen LogP contribution is -2.29. The SMILES string of the molecule is Cc1c(CC(=O)NCCCOC(C)C)c(=O)oc2c(O)c(O)ccc12. The zero-order chi connectivity index (χ0) is 18.6. The molecule has 0 aliphatic heterocycles. The van der Waals surface area contributed by atoms with Crippen molar-refractivity contribution in [1.82, 2.24) is 5.32 Å². The summed E-state index contributed by atoms with van der Waals surface area (Å²) in [6, 6.07) is 2.84. The molecule has 2 aromatic rings. The number of amides is 1. The van der Waals surface area contributed by atoms with E-state index in [1.54, 1.807) is 6.92 Å². The maximum Gasteiger partial charge on any atom is 0.340 e. The lowest BCUT2D eigenvalue weighted by atomic mass is 10.0. The van der Waals surface area contributed by atoms with Crippen molar-refractivity contribution in [3.05, 3.63) is 33.7 Å². The molecule has 0 spiro atoms. The van der Waals surface area contributed by atoms with Gasteiger partial charge in [-0.3, -0.25) is 4.79 Å². The third-order valence-corrected chi connectivity index (χ3v) is 3.84. The van der Waals surface area contributed by atoms with Crippen LogP contribution in [0.15, 0.2) is 21.3 Å². The number of aryl methyl sites for hydroxylation is 1. The molecule has 0 radical (unpaired) electrons. The number of carbonyl (C=O) groups excluding carboxylic acids is 1. The highest BCUT2D eigenvalue weighted by Crippen LogP contribution is 2.34. The van der Waals surface area contributed by atoms with Crippen molar-refractivity contribution >= 4 is 16.9 Å². The van der Waals surface area contributed by atoms with Crippen molar-refractivity contribution in [3.63, 3.8) is 0 Å². The van der Waals surface area contributed by atoms with Gasteiger partial charge in [0.2, 0.25) is 11.7 Å². The maximum atomic E-state index is 12.1. The van der Waals surface area contributed by atoms with Gasteiger partial charge in [0.1, 0.15) is 0 Å². The van der Waals surface area contributed by atoms with E-state index in [4.69, 9.17) is 9.15 Å². The van der Waals surface area contributed by atoms with Crippen LogP contribution in [0.5, 0.6) is 11.5 Å². The molecule has 1 aromatic carbocycles. The first kappa shape index (κ1) is 18.8. The molecule has 1 amide bonds. The van der Waals surface area contributed by atoms with Crippen LogP contribution < -0.4 is 10.9 Å². The molecule has 0 bridgehead atoms. The van der Waals surface area contributed by atoms with Gasteiger partial charge in [0, 0.05) is 18.5 Å². The summed E-state index contributed by atoms with van der Waals surface area (Å²) in [5, 5.41) is 22.5. The van der Waals surface area contributed by atoms with E-state index in [1.165, 1.54) is 12.1 Å². The second kappa shape index (κ2) is 8.02. The Balaban J connectivity index is 2.10. The summed E-state index contributed by atoms with van der Waals surface area (Å²) in [4.78, 5) is 24.2. The van der Waals surface area contributed by atoms with Gasteiger partial charge in [-0.25, -0.2) is 4.79 Å². The van der Waals surface area contributed by atoms with Gasteiger partial charge in [0.15, 0.2) is 11.3 Å². The zero-order valence-electron chi connectivity index (χ0n) is 14.6. The second-order valence-electron chi connectivity index (χ2n) is 6.10. The van der Waals surface area contributed by atoms with E-state index >= 15 is 0 Å². The number of fused-ring (bicyclic) bond motifs is 1. The van der Waals surface area contributed by atoms with Gasteiger partial charge in [-0.2, -0.15) is 0 Å². The quantitative estimate of drug-likeness (QED) is 0.401. The predicted molar refractivity (Wildman–Crippen MR) is 93.0 cm³/mol. The molecule has 1 aromatic heterocycles. The van der Waals surface area contributed by atoms with Crippen LogP contribution in [0, 0.1) is 6.92 Å². The average Bonchev–Trinajstić information content (AvgIpc) is 2.54. The van der Waals surface area contributed by atoms with Gasteiger partial charge in [0.25, 0.3) is 0 Å². The fourth-order valence-electron chi connectivity index (χ4n) is 2.48. The molecular formula is C18H23NO6. The molecule has 0 saturated heterocycles. The summed E-state index contributed by atoms with van der Waals surface area (Å²) in [5.74, 6) is -1.15. The number of hydrogen-bond acceptors (Lipinski definition) is 6. The Morgan fingerprint density at radius 1 is 1.32 bits per heavy atom. The number of hydrogen-bond donors (Lipinski definition) is 3. The minimum absolute atomic E-state index is 0.0857. The molecule has 0 unspecified atom stereocenters. The van der Waals surface area contributed by atoms with Gasteiger partial charge >= 0.3 is 5.63 Å². The minimum Gasteiger partial charge on any atom is -0.504 e. The first-order valence-corrected chi connectivity index (χ1v) is 8.16. The van der Waals surface area contributed by atoms with Crippen LogP contribution in [0.25, 0.3) is 11.0 Å². The standard InChI is InChI=1S/C18H23NO6/c1-10(2)24-8-4-7-19-15(21)9-13-11(3)12-5-6-14(20)16(22)17(12)25-18(13)23/h5-6,10,20,22H,4,7-9H2,1-3H3,(H,19,21). The Hall–Kier alpha value is -2.54. The molecule has 0 fully saturated rings. The van der Waals surface area contributed by atoms with Gasteiger partial charge in [-0.05, 0) is 44.9 Å². The van der Waals surface area contributed by atoms with Crippen molar-refractivity contribution in [2.75, 3.05) is 13.2 Å². The van der Waals surface area contributed by atoms with Crippen molar-refractivity contribution in [2.45, 2.75) is 39.7 Å². The molecular weight excluding hydrogens is 326 g/mol. The Labute approximate surface area is 145 Å². The molecule has 0 saturated carbocycles. The fourth-order valence-corrected chi connectivity index (χ4v) is 2.48. The van der Waals surface area contributed by atoms with Crippen LogP contribution in [0.3, 0.4) is 0 Å². The van der Waals surface area contributed by atoms with Crippen molar-refractivity contribution in [1.29, 1.82) is 0 Å². The largest absolute Gasteiger partial charge is 0.504 e. The van der Waals surface area contributed by atoms with Crippen LogP contribution in [-0.4, -0.2) is 35.4 Å². The lowest BCUT2D eigenvalue weighted by Gasteiger charge is -2.10. The van der Waals surface area contributed by atoms with Crippen LogP contribution in [0.2, 0.25) is 0 Å². The van der Waals surface area contributed by atoms with Crippen LogP contribution in [0.4, 0.5) is 0 Å². The highest BCUT2D eigenvalue weighted by molar-refractivity contribution is 5.89. The highest BCUT2D eigenvalue weighted by atomic mass is 16.5. The molecule has 7 heteroatoms. The first-order chi connectivity index (χ1) is 11.8. The molecule has 2 rings (SSSR count). The highest BCUT2D eigenvalue weighted by Gasteiger charge is 2.18. The second-order valence-corrected chi connectivity index (χ2v) is 6.10. The predicted octanol–water partition coefficient (Wildman–Crippen LogP) is 1.99. The zero-order valence-corrected chi connectivity index (χ0v) is 14.6. The Morgan fingerprint density at radius 3 is 2.72 bits per heavy atom. The molecule has 0 aliphatic rings. The lowest BCUT2D eigenvalue weighted by molar-refractivity contribution is -0.120. The van der Waals surface area contributed by atoms with Gasteiger partial charge in [-0.15, -0.1) is 0 Å². The number of benzene rings is 1. The van der Waals surface area contributed by atoms with E-state index in [-0.39, 0.29) is 35.3 Å². The number of carbonyl (C=O) groups is 1. The van der Waals surface area contributed by atoms with E-state index < -0.39 is 11.4 Å². The van der Waals surface area contributed by atoms with E-state index in [0.29, 0.717) is 30.5 Å². The van der Waals surface area contributed by atoms with Crippen LogP contribution in [-0.2, 0) is 16.0 Å². The molecule has 1 heterocycles. The van der Waals surface area contributed by atoms with Crippen molar-refractivity contribution in [2.24, 2.45) is 0 Å². The summed E-state index contributed by atoms with van der Waals surface area (Å²) >= 11 is 0. The van der Waals surface area contributed by atoms with Gasteiger partial charge < -0.3 is 24.7 Å². The van der Waals surface area contributed by atoms with Crippen molar-refractivity contribution in [3.8, 4) is 11.5 Å². The minimum atomic E-state index is -0.704. The number of phenols is 2. The smallest absolute Gasteiger partial charge is 0.340 e. The topological polar surface area (TPSA) is 109 Å². The van der Waals surface area contributed by atoms with Gasteiger partial charge in [0.05, 0.1) is 18.1 Å². The number of rotatable bonds is 7. The third-order valence-electron chi connectivity index (χ3n) is 3.84. The summed E-state index contributed by atoms with van der Waals surface area (Å²) in [6.45, 7) is 6.57. The molecule has 25 heavy (non-hydrogen) atoms. The average molecular weight is 349 g/mol. The summed E-state index contributed by atoms with van der Waals surface area (Å²) in [5.41, 5.74) is -0.0185. The number of ether oxygens (including phenoxy) is 1. The van der Waals surface area contributed by atoms with Crippen LogP contribution in [0.1, 0.15) is 31.4 Å². The Bertz CT molecular complexity index is 824. The number of nitrogens with one attached hydrogen (secondary N) is 1. The van der Waals surface area contributed by atoms with E-state index in [2.05, 4.69) is 5.32 Å². The van der Waals surface area contributed by atoms with Crippen LogP contribution >= 0.6 is 0 Å².